The fourth-order valence-electron chi connectivity index (χ4n) is 2.44. The minimum atomic E-state index is -1.15. The molecule has 0 saturated carbocycles. The molecule has 1 unspecified atom stereocenters. The largest absolute Gasteiger partial charge is 0.495 e. The third kappa shape index (κ3) is 2.41. The van der Waals surface area contributed by atoms with Crippen molar-refractivity contribution in [2.45, 2.75) is 25.3 Å². The van der Waals surface area contributed by atoms with Crippen LogP contribution in [-0.2, 0) is 4.79 Å². The Morgan fingerprint density at radius 3 is 2.75 bits per heavy atom. The summed E-state index contributed by atoms with van der Waals surface area (Å²) in [5.41, 5.74) is -0.619. The molecule has 0 aromatic heterocycles. The Kier molecular flexibility index (Phi) is 3.83. The summed E-state index contributed by atoms with van der Waals surface area (Å²) in [5, 5.41) is 12.0. The zero-order valence-corrected chi connectivity index (χ0v) is 11.5. The van der Waals surface area contributed by atoms with Crippen molar-refractivity contribution in [2.75, 3.05) is 19.0 Å². The van der Waals surface area contributed by atoms with Gasteiger partial charge in [-0.1, -0.05) is 12.1 Å². The quantitative estimate of drug-likeness (QED) is 0.888. The number of amides is 2. The van der Waals surface area contributed by atoms with Gasteiger partial charge in [0.2, 0.25) is 0 Å². The van der Waals surface area contributed by atoms with E-state index >= 15 is 0 Å². The number of benzene rings is 1. The summed E-state index contributed by atoms with van der Waals surface area (Å²) in [5.74, 6) is -0.442. The molecule has 2 N–H and O–H groups in total. The molecule has 20 heavy (non-hydrogen) atoms. The van der Waals surface area contributed by atoms with E-state index in [1.165, 1.54) is 12.0 Å². The number of hydrogen-bond acceptors (Lipinski definition) is 3. The van der Waals surface area contributed by atoms with Crippen LogP contribution < -0.4 is 10.1 Å². The molecule has 2 amide bonds. The molecule has 0 radical (unpaired) electrons. The van der Waals surface area contributed by atoms with Gasteiger partial charge in [0.15, 0.2) is 0 Å². The molecule has 2 rings (SSSR count). The highest BCUT2D eigenvalue weighted by molar-refractivity contribution is 5.95. The first-order chi connectivity index (χ1) is 9.49. The van der Waals surface area contributed by atoms with Crippen LogP contribution >= 0.6 is 0 Å². The Bertz CT molecular complexity index is 532. The number of urea groups is 1. The maximum Gasteiger partial charge on any atom is 0.329 e. The Morgan fingerprint density at radius 2 is 2.10 bits per heavy atom. The van der Waals surface area contributed by atoms with Crippen LogP contribution in [0.5, 0.6) is 5.75 Å². The van der Waals surface area contributed by atoms with Crippen LogP contribution in [0, 0.1) is 0 Å². The van der Waals surface area contributed by atoms with Gasteiger partial charge in [-0.25, -0.2) is 9.59 Å². The summed E-state index contributed by atoms with van der Waals surface area (Å²) in [6.45, 7) is 2.01. The van der Waals surface area contributed by atoms with Gasteiger partial charge in [0.05, 0.1) is 12.8 Å². The number of anilines is 1. The van der Waals surface area contributed by atoms with E-state index in [0.717, 1.165) is 0 Å². The molecule has 6 heteroatoms. The fourth-order valence-corrected chi connectivity index (χ4v) is 2.44. The molecule has 1 aromatic carbocycles. The summed E-state index contributed by atoms with van der Waals surface area (Å²) in [7, 11) is 1.52. The second-order valence-corrected chi connectivity index (χ2v) is 4.96. The van der Waals surface area contributed by atoms with Crippen LogP contribution in [0.3, 0.4) is 0 Å². The van der Waals surface area contributed by atoms with Crippen LogP contribution in [0.2, 0.25) is 0 Å². The smallest absolute Gasteiger partial charge is 0.329 e. The van der Waals surface area contributed by atoms with Crippen LogP contribution in [0.15, 0.2) is 24.3 Å². The van der Waals surface area contributed by atoms with Crippen molar-refractivity contribution in [1.29, 1.82) is 0 Å². The SMILES string of the molecule is COc1ccccc1NC(=O)N1CCCC1(C)C(=O)O. The van der Waals surface area contributed by atoms with Crippen LogP contribution in [0.1, 0.15) is 19.8 Å². The van der Waals surface area contributed by atoms with Gasteiger partial charge in [0, 0.05) is 6.54 Å². The van der Waals surface area contributed by atoms with E-state index in [2.05, 4.69) is 5.32 Å². The van der Waals surface area contributed by atoms with E-state index in [9.17, 15) is 14.7 Å². The van der Waals surface area contributed by atoms with E-state index < -0.39 is 17.5 Å². The molecular formula is C14H18N2O4. The number of rotatable bonds is 3. The van der Waals surface area contributed by atoms with Crippen molar-refractivity contribution in [3.05, 3.63) is 24.3 Å². The van der Waals surface area contributed by atoms with Crippen molar-refractivity contribution in [3.63, 3.8) is 0 Å². The van der Waals surface area contributed by atoms with E-state index in [4.69, 9.17) is 4.74 Å². The topological polar surface area (TPSA) is 78.9 Å². The maximum atomic E-state index is 12.3. The molecule has 1 aliphatic rings. The molecule has 1 aliphatic heterocycles. The van der Waals surface area contributed by atoms with Gasteiger partial charge in [0.1, 0.15) is 11.3 Å². The number of para-hydroxylation sites is 2. The normalized spacial score (nSPS) is 21.6. The number of carboxylic acids is 1. The highest BCUT2D eigenvalue weighted by atomic mass is 16.5. The fraction of sp³-hybridized carbons (Fsp3) is 0.429. The molecule has 1 atom stereocenters. The molecular weight excluding hydrogens is 260 g/mol. The summed E-state index contributed by atoms with van der Waals surface area (Å²) < 4.78 is 5.16. The van der Waals surface area contributed by atoms with Crippen molar-refractivity contribution in [2.24, 2.45) is 0 Å². The lowest BCUT2D eigenvalue weighted by Crippen LogP contribution is -2.52. The van der Waals surface area contributed by atoms with E-state index in [0.29, 0.717) is 30.8 Å². The number of hydrogen-bond donors (Lipinski definition) is 2. The van der Waals surface area contributed by atoms with Gasteiger partial charge in [-0.3, -0.25) is 0 Å². The monoisotopic (exact) mass is 278 g/mol. The number of ether oxygens (including phenoxy) is 1. The second kappa shape index (κ2) is 5.40. The van der Waals surface area contributed by atoms with Gasteiger partial charge >= 0.3 is 12.0 Å². The van der Waals surface area contributed by atoms with Crippen molar-refractivity contribution in [1.82, 2.24) is 4.90 Å². The zero-order chi connectivity index (χ0) is 14.8. The van der Waals surface area contributed by atoms with E-state index in [1.54, 1.807) is 31.2 Å². The Hall–Kier alpha value is -2.24. The van der Waals surface area contributed by atoms with Crippen molar-refractivity contribution >= 4 is 17.7 Å². The molecule has 108 valence electrons. The summed E-state index contributed by atoms with van der Waals surface area (Å²) >= 11 is 0. The van der Waals surface area contributed by atoms with Gasteiger partial charge in [-0.2, -0.15) is 0 Å². The number of methoxy groups -OCH3 is 1. The highest BCUT2D eigenvalue weighted by Crippen LogP contribution is 2.31. The number of carbonyl (C=O) groups is 2. The van der Waals surface area contributed by atoms with Crippen LogP contribution in [0.4, 0.5) is 10.5 Å². The minimum Gasteiger partial charge on any atom is -0.495 e. The van der Waals surface area contributed by atoms with E-state index in [-0.39, 0.29) is 0 Å². The molecule has 6 nitrogen and oxygen atoms in total. The van der Waals surface area contributed by atoms with Crippen molar-refractivity contribution in [3.8, 4) is 5.75 Å². The number of nitrogens with zero attached hydrogens (tertiary/aromatic N) is 1. The summed E-state index contributed by atoms with van der Waals surface area (Å²) in [4.78, 5) is 25.0. The van der Waals surface area contributed by atoms with Gasteiger partial charge < -0.3 is 20.1 Å². The third-order valence-corrected chi connectivity index (χ3v) is 3.70. The highest BCUT2D eigenvalue weighted by Gasteiger charge is 2.46. The Morgan fingerprint density at radius 1 is 1.40 bits per heavy atom. The number of aliphatic carboxylic acids is 1. The van der Waals surface area contributed by atoms with Gasteiger partial charge in [-0.05, 0) is 31.9 Å². The molecule has 0 aliphatic carbocycles. The Labute approximate surface area is 117 Å². The minimum absolute atomic E-state index is 0.420. The lowest BCUT2D eigenvalue weighted by atomic mass is 10.00. The average molecular weight is 278 g/mol. The molecule has 0 bridgehead atoms. The molecule has 1 heterocycles. The Balaban J connectivity index is 2.18. The summed E-state index contributed by atoms with van der Waals surface area (Å²) in [6, 6.07) is 6.60. The van der Waals surface area contributed by atoms with Crippen molar-refractivity contribution < 1.29 is 19.4 Å². The van der Waals surface area contributed by atoms with Gasteiger partial charge in [0.25, 0.3) is 0 Å². The predicted molar refractivity (Wildman–Crippen MR) is 74.0 cm³/mol. The first-order valence-corrected chi connectivity index (χ1v) is 6.44. The van der Waals surface area contributed by atoms with Gasteiger partial charge in [-0.15, -0.1) is 0 Å². The van der Waals surface area contributed by atoms with Crippen LogP contribution in [-0.4, -0.2) is 41.2 Å². The first-order valence-electron chi connectivity index (χ1n) is 6.44. The number of carboxylic acid groups (broad SMARTS) is 1. The van der Waals surface area contributed by atoms with E-state index in [1.807, 2.05) is 0 Å². The molecule has 1 saturated heterocycles. The number of nitrogens with one attached hydrogen (secondary N) is 1. The lowest BCUT2D eigenvalue weighted by molar-refractivity contribution is -0.146. The maximum absolute atomic E-state index is 12.3. The molecule has 0 spiro atoms. The second-order valence-electron chi connectivity index (χ2n) is 4.96. The third-order valence-electron chi connectivity index (χ3n) is 3.70. The number of likely N-dealkylation sites (tertiary alicyclic amines) is 1. The lowest BCUT2D eigenvalue weighted by Gasteiger charge is -2.31. The van der Waals surface area contributed by atoms with Crippen LogP contribution in [0.25, 0.3) is 0 Å². The standard InChI is InChI=1S/C14H18N2O4/c1-14(12(17)18)8-5-9-16(14)13(19)15-10-6-3-4-7-11(10)20-2/h3-4,6-7H,5,8-9H2,1-2H3,(H,15,19)(H,17,18). The first kappa shape index (κ1) is 14.2. The summed E-state index contributed by atoms with van der Waals surface area (Å²) in [6.07, 6.45) is 1.14. The molecule has 1 aromatic rings. The zero-order valence-electron chi connectivity index (χ0n) is 11.5. The number of carbonyl (C=O) groups excluding carboxylic acids is 1. The average Bonchev–Trinajstić information content (AvgIpc) is 2.83. The predicted octanol–water partition coefficient (Wildman–Crippen LogP) is 2.17. The molecule has 1 fully saturated rings.